The highest BCUT2D eigenvalue weighted by molar-refractivity contribution is 7.44. The average molecular weight is 1300 g/mol. The number of nitrogens with zero attached hydrogens (tertiary/aromatic N) is 3. The molecular weight excluding hydrogens is 1220 g/mol. The van der Waals surface area contributed by atoms with Gasteiger partial charge in [0.15, 0.2) is 12.2 Å². The van der Waals surface area contributed by atoms with E-state index in [1.807, 2.05) is 83.8 Å². The third kappa shape index (κ3) is 19.9. The van der Waals surface area contributed by atoms with Gasteiger partial charge in [-0.15, -0.1) is 0 Å². The lowest BCUT2D eigenvalue weighted by Crippen LogP contribution is -2.49. The van der Waals surface area contributed by atoms with Crippen molar-refractivity contribution in [2.75, 3.05) is 60.6 Å². The fourth-order valence-corrected chi connectivity index (χ4v) is 12.7. The molecule has 0 bridgehead atoms. The summed E-state index contributed by atoms with van der Waals surface area (Å²) in [5.74, 6) is -1.95. The van der Waals surface area contributed by atoms with Crippen molar-refractivity contribution in [2.45, 2.75) is 108 Å². The van der Waals surface area contributed by atoms with Crippen molar-refractivity contribution >= 4 is 38.3 Å². The Labute approximate surface area is 551 Å². The van der Waals surface area contributed by atoms with Crippen LogP contribution in [0, 0.1) is 11.3 Å². The second-order valence-corrected chi connectivity index (χ2v) is 24.1. The van der Waals surface area contributed by atoms with Gasteiger partial charge in [-0.25, -0.2) is 23.8 Å². The Morgan fingerprint density at radius 1 is 0.574 bits per heavy atom. The van der Waals surface area contributed by atoms with Crippen LogP contribution in [0.5, 0.6) is 11.5 Å². The van der Waals surface area contributed by atoms with Crippen molar-refractivity contribution in [3.05, 3.63) is 239 Å². The molecule has 0 spiro atoms. The molecule has 1 aliphatic rings. The Morgan fingerprint density at radius 3 is 1.51 bits per heavy atom. The van der Waals surface area contributed by atoms with E-state index in [4.69, 9.17) is 51.7 Å². The van der Waals surface area contributed by atoms with E-state index in [0.29, 0.717) is 30.8 Å². The van der Waals surface area contributed by atoms with Gasteiger partial charge in [0.25, 0.3) is 8.53 Å². The molecule has 0 aliphatic carbocycles. The monoisotopic (exact) mass is 1300 g/mol. The Kier molecular flexibility index (Phi) is 27.6. The molecule has 8 rings (SSSR count). The van der Waals surface area contributed by atoms with Crippen LogP contribution in [-0.4, -0.2) is 142 Å². The first-order valence-corrected chi connectivity index (χ1v) is 32.5. The van der Waals surface area contributed by atoms with Gasteiger partial charge in [0.1, 0.15) is 43.2 Å². The molecule has 94 heavy (non-hydrogen) atoms. The number of benzene rings is 7. The summed E-state index contributed by atoms with van der Waals surface area (Å²) in [6, 6.07) is 59.8. The third-order valence-corrected chi connectivity index (χ3v) is 17.8. The van der Waals surface area contributed by atoms with Crippen molar-refractivity contribution in [3.63, 3.8) is 0 Å². The highest BCUT2D eigenvalue weighted by Crippen LogP contribution is 2.49. The number of hydrogen-bond acceptors (Lipinski definition) is 18. The number of carbonyl (C=O) groups is 5. The van der Waals surface area contributed by atoms with Gasteiger partial charge in [0, 0.05) is 31.7 Å². The topological polar surface area (TPSA) is 217 Å². The molecule has 0 radical (unpaired) electrons. The van der Waals surface area contributed by atoms with E-state index < -0.39 is 88.5 Å². The van der Waals surface area contributed by atoms with E-state index in [1.165, 1.54) is 24.3 Å². The second-order valence-electron chi connectivity index (χ2n) is 22.7. The third-order valence-electron chi connectivity index (χ3n) is 15.6. The fourth-order valence-electron chi connectivity index (χ4n) is 11.0. The first-order valence-electron chi connectivity index (χ1n) is 31.4. The fraction of sp³-hybridized carbons (Fsp3) is 0.351. The summed E-state index contributed by atoms with van der Waals surface area (Å²) in [6.45, 7) is 7.26. The van der Waals surface area contributed by atoms with Crippen molar-refractivity contribution < 1.29 is 75.7 Å². The molecule has 1 fully saturated rings. The molecule has 1 amide bonds. The van der Waals surface area contributed by atoms with Crippen LogP contribution in [0.1, 0.15) is 118 Å². The summed E-state index contributed by atoms with van der Waals surface area (Å²) in [5.41, 5.74) is 2.06. The number of likely N-dealkylation sites (tertiary alicyclic amines) is 1. The quantitative estimate of drug-likeness (QED) is 0.00890. The molecule has 19 nitrogen and oxygen atoms in total. The van der Waals surface area contributed by atoms with Gasteiger partial charge in [-0.3, -0.25) is 4.79 Å². The zero-order valence-electron chi connectivity index (χ0n) is 53.9. The predicted octanol–water partition coefficient (Wildman–Crippen LogP) is 13.0. The standard InChI is InChI=1S/C74H82N3O16P/c1-53(2)77(54(3)4)94(90-46-24-44-75)93-65-47-62(49-89-74(59-33-20-11-21-34-59,60-36-40-63(83-5)41-37-60)61-38-42-64(84-6)43-39-61)76(48-65)68(78)35-22-23-45-85-52-88-66(50-86-70(79)55-25-12-7-13-26-55)69(92-73(82)58-31-18-10-19-32-58)67(91-72(81)57-29-16-9-17-30-57)51-87-71(80)56-27-14-8-15-28-56/h7-21,25-34,36-43,53-54,62,65-67,69H,22-24,35,45-52H2,1-6H3/t62-,65+,66?,67+,69+,94?/m0/s1. The van der Waals surface area contributed by atoms with Crippen LogP contribution in [0.25, 0.3) is 0 Å². The molecule has 6 atom stereocenters. The lowest BCUT2D eigenvalue weighted by atomic mass is 9.80. The van der Waals surface area contributed by atoms with E-state index in [0.717, 1.165) is 16.7 Å². The normalized spacial score (nSPS) is 15.1. The van der Waals surface area contributed by atoms with Gasteiger partial charge >= 0.3 is 23.9 Å². The summed E-state index contributed by atoms with van der Waals surface area (Å²) >= 11 is 0. The van der Waals surface area contributed by atoms with Crippen molar-refractivity contribution in [2.24, 2.45) is 0 Å². The minimum atomic E-state index is -1.66. The maximum Gasteiger partial charge on any atom is 0.338 e. The minimum Gasteiger partial charge on any atom is -0.497 e. The first-order chi connectivity index (χ1) is 45.7. The number of amides is 1. The molecule has 2 unspecified atom stereocenters. The number of ether oxygens (including phenoxy) is 9. The molecule has 0 N–H and O–H groups in total. The summed E-state index contributed by atoms with van der Waals surface area (Å²) in [6.07, 6.45) is -3.52. The highest BCUT2D eigenvalue weighted by Gasteiger charge is 2.44. The van der Waals surface area contributed by atoms with E-state index >= 15 is 0 Å². The lowest BCUT2D eigenvalue weighted by Gasteiger charge is -2.38. The van der Waals surface area contributed by atoms with Crippen LogP contribution in [0.3, 0.4) is 0 Å². The number of esters is 4. The van der Waals surface area contributed by atoms with Crippen molar-refractivity contribution in [3.8, 4) is 17.6 Å². The molecule has 1 aliphatic heterocycles. The van der Waals surface area contributed by atoms with Crippen LogP contribution < -0.4 is 9.47 Å². The predicted molar refractivity (Wildman–Crippen MR) is 353 cm³/mol. The molecular formula is C74H82N3O16P. The maximum absolute atomic E-state index is 14.9. The smallest absolute Gasteiger partial charge is 0.338 e. The second kappa shape index (κ2) is 36.6. The molecule has 0 saturated carbocycles. The Morgan fingerprint density at radius 2 is 1.03 bits per heavy atom. The van der Waals surface area contributed by atoms with Crippen molar-refractivity contribution in [1.82, 2.24) is 9.57 Å². The largest absolute Gasteiger partial charge is 0.497 e. The minimum absolute atomic E-state index is 0.0412. The zero-order chi connectivity index (χ0) is 66.7. The number of carbonyl (C=O) groups excluding carboxylic acids is 5. The van der Waals surface area contributed by atoms with Crippen LogP contribution in [0.15, 0.2) is 200 Å². The maximum atomic E-state index is 14.9. The van der Waals surface area contributed by atoms with E-state index in [2.05, 4.69) is 38.4 Å². The summed E-state index contributed by atoms with van der Waals surface area (Å²) in [4.78, 5) is 71.9. The number of methoxy groups -OCH3 is 2. The first kappa shape index (κ1) is 71.0. The van der Waals surface area contributed by atoms with Gasteiger partial charge < -0.3 is 56.6 Å². The molecule has 1 heterocycles. The number of nitriles is 1. The SMILES string of the molecule is COc1ccc(C(OC[C@@H]2C[C@@H](OP(OCCC#N)N(C(C)C)C(C)C)CN2C(=O)CCCCOCOC(COC(=O)c2ccccc2)[C@@H](OC(=O)c2ccccc2)[C@@H](COC(=O)c2ccccc2)OC(=O)c2ccccc2)(c2ccccc2)c2ccc(OC)cc2)cc1. The van der Waals surface area contributed by atoms with Gasteiger partial charge in [-0.2, -0.15) is 5.26 Å². The van der Waals surface area contributed by atoms with Gasteiger partial charge in [-0.1, -0.05) is 127 Å². The summed E-state index contributed by atoms with van der Waals surface area (Å²) in [7, 11) is 1.57. The number of hydrogen-bond donors (Lipinski definition) is 0. The van der Waals surface area contributed by atoms with Crippen LogP contribution in [-0.2, 0) is 52.6 Å². The Balaban J connectivity index is 1.03. The zero-order valence-corrected chi connectivity index (χ0v) is 54.8. The molecule has 7 aromatic rings. The average Bonchev–Trinajstić information content (AvgIpc) is 0.850. The molecule has 7 aromatic carbocycles. The van der Waals surface area contributed by atoms with Crippen LogP contribution in [0.4, 0.5) is 0 Å². The van der Waals surface area contributed by atoms with Gasteiger partial charge in [0.2, 0.25) is 5.91 Å². The highest BCUT2D eigenvalue weighted by atomic mass is 31.2. The van der Waals surface area contributed by atoms with Gasteiger partial charge in [-0.05, 0) is 136 Å². The van der Waals surface area contributed by atoms with E-state index in [1.54, 1.807) is 111 Å². The molecule has 20 heteroatoms. The Bertz CT molecular complexity index is 3440. The molecule has 494 valence electrons. The van der Waals surface area contributed by atoms with Crippen LogP contribution in [0.2, 0.25) is 0 Å². The molecule has 1 saturated heterocycles. The Hall–Kier alpha value is -8.83. The van der Waals surface area contributed by atoms with Crippen LogP contribution >= 0.6 is 8.53 Å². The number of rotatable bonds is 36. The van der Waals surface area contributed by atoms with Crippen molar-refractivity contribution in [1.29, 1.82) is 5.26 Å². The molecule has 0 aromatic heterocycles. The lowest BCUT2D eigenvalue weighted by molar-refractivity contribution is -0.166. The summed E-state index contributed by atoms with van der Waals surface area (Å²) < 4.78 is 70.4. The number of unbranched alkanes of at least 4 members (excludes halogenated alkanes) is 1. The summed E-state index contributed by atoms with van der Waals surface area (Å²) in [5, 5.41) is 9.49. The van der Waals surface area contributed by atoms with E-state index in [-0.39, 0.29) is 79.5 Å². The van der Waals surface area contributed by atoms with E-state index in [9.17, 15) is 29.2 Å². The van der Waals surface area contributed by atoms with Gasteiger partial charge in [0.05, 0.1) is 74.3 Å².